The Morgan fingerprint density at radius 1 is 1.30 bits per heavy atom. The van der Waals surface area contributed by atoms with Crippen molar-refractivity contribution in [1.82, 2.24) is 4.90 Å². The number of hydrogen-bond donors (Lipinski definition) is 2. The van der Waals surface area contributed by atoms with E-state index in [4.69, 9.17) is 5.73 Å². The summed E-state index contributed by atoms with van der Waals surface area (Å²) < 4.78 is 39.9. The Labute approximate surface area is 130 Å². The molecule has 0 spiro atoms. The summed E-state index contributed by atoms with van der Waals surface area (Å²) >= 11 is 0. The highest BCUT2D eigenvalue weighted by atomic mass is 19.4. The fraction of sp³-hybridized carbons (Fsp3) is 0.429. The van der Waals surface area contributed by atoms with Crippen molar-refractivity contribution in [2.45, 2.75) is 25.2 Å². The van der Waals surface area contributed by atoms with E-state index in [0.29, 0.717) is 25.1 Å². The number of ether oxygens (including phenoxy) is 1. The van der Waals surface area contributed by atoms with Crippen molar-refractivity contribution in [3.8, 4) is 5.75 Å². The van der Waals surface area contributed by atoms with Crippen LogP contribution in [0.1, 0.15) is 12.8 Å². The molecule has 1 atom stereocenters. The zero-order valence-corrected chi connectivity index (χ0v) is 12.1. The molecule has 0 aromatic heterocycles. The molecule has 0 bridgehead atoms. The van der Waals surface area contributed by atoms with Crippen LogP contribution in [-0.2, 0) is 9.59 Å². The number of primary amides is 1. The number of alkyl halides is 3. The molecule has 0 radical (unpaired) electrons. The minimum atomic E-state index is -4.75. The molecular weight excluding hydrogens is 315 g/mol. The first kappa shape index (κ1) is 16.9. The summed E-state index contributed by atoms with van der Waals surface area (Å²) in [6.45, 7) is 0.385. The van der Waals surface area contributed by atoms with E-state index < -0.39 is 18.3 Å². The first-order chi connectivity index (χ1) is 10.8. The minimum Gasteiger partial charge on any atom is -0.406 e. The van der Waals surface area contributed by atoms with Gasteiger partial charge in [0, 0.05) is 12.2 Å². The molecule has 1 aliphatic rings. The van der Waals surface area contributed by atoms with E-state index in [1.165, 1.54) is 17.0 Å². The predicted octanol–water partition coefficient (Wildman–Crippen LogP) is 1.47. The molecular formula is C14H16F3N3O3. The molecule has 1 aliphatic heterocycles. The third-order valence-electron chi connectivity index (χ3n) is 3.43. The summed E-state index contributed by atoms with van der Waals surface area (Å²) in [5.41, 5.74) is 5.70. The smallest absolute Gasteiger partial charge is 0.406 e. The van der Waals surface area contributed by atoms with Gasteiger partial charge in [0.05, 0.1) is 6.54 Å². The Bertz CT molecular complexity index is 575. The van der Waals surface area contributed by atoms with Crippen LogP contribution in [0, 0.1) is 0 Å². The molecule has 1 saturated heterocycles. The number of benzene rings is 1. The van der Waals surface area contributed by atoms with Gasteiger partial charge in [-0.15, -0.1) is 13.2 Å². The topological polar surface area (TPSA) is 84.7 Å². The van der Waals surface area contributed by atoms with E-state index in [1.54, 1.807) is 0 Å². The summed E-state index contributed by atoms with van der Waals surface area (Å²) in [4.78, 5) is 24.7. The second-order valence-corrected chi connectivity index (χ2v) is 5.07. The number of amides is 2. The van der Waals surface area contributed by atoms with Crippen LogP contribution in [0.2, 0.25) is 0 Å². The van der Waals surface area contributed by atoms with E-state index in [9.17, 15) is 22.8 Å². The number of rotatable bonds is 5. The van der Waals surface area contributed by atoms with Gasteiger partial charge in [-0.2, -0.15) is 0 Å². The average Bonchev–Trinajstić information content (AvgIpc) is 2.94. The molecule has 1 aromatic rings. The van der Waals surface area contributed by atoms with Gasteiger partial charge in [0.2, 0.25) is 11.8 Å². The van der Waals surface area contributed by atoms with E-state index in [2.05, 4.69) is 10.1 Å². The molecule has 0 saturated carbocycles. The van der Waals surface area contributed by atoms with Crippen molar-refractivity contribution < 1.29 is 27.5 Å². The van der Waals surface area contributed by atoms with Gasteiger partial charge in [-0.1, -0.05) is 0 Å². The number of anilines is 1. The molecule has 23 heavy (non-hydrogen) atoms. The van der Waals surface area contributed by atoms with Gasteiger partial charge in [0.25, 0.3) is 0 Å². The number of nitrogens with two attached hydrogens (primary N) is 1. The number of nitrogens with zero attached hydrogens (tertiary/aromatic N) is 1. The van der Waals surface area contributed by atoms with E-state index in [0.717, 1.165) is 12.1 Å². The van der Waals surface area contributed by atoms with E-state index in [1.807, 2.05) is 0 Å². The highest BCUT2D eigenvalue weighted by Gasteiger charge is 2.32. The van der Waals surface area contributed by atoms with Crippen LogP contribution >= 0.6 is 0 Å². The molecule has 0 unspecified atom stereocenters. The van der Waals surface area contributed by atoms with Crippen LogP contribution in [-0.4, -0.2) is 42.2 Å². The summed E-state index contributed by atoms with van der Waals surface area (Å²) in [5.74, 6) is -1.17. The maximum atomic E-state index is 12.1. The van der Waals surface area contributed by atoms with E-state index in [-0.39, 0.29) is 18.2 Å². The molecule has 1 fully saturated rings. The van der Waals surface area contributed by atoms with Gasteiger partial charge in [-0.05, 0) is 37.1 Å². The Morgan fingerprint density at radius 3 is 2.52 bits per heavy atom. The molecule has 1 aromatic carbocycles. The third-order valence-corrected chi connectivity index (χ3v) is 3.43. The number of hydrogen-bond acceptors (Lipinski definition) is 4. The largest absolute Gasteiger partial charge is 0.573 e. The normalized spacial score (nSPS) is 17.9. The summed E-state index contributed by atoms with van der Waals surface area (Å²) in [5, 5.41) is 2.79. The quantitative estimate of drug-likeness (QED) is 0.856. The zero-order valence-electron chi connectivity index (χ0n) is 12.1. The highest BCUT2D eigenvalue weighted by Crippen LogP contribution is 2.24. The number of carbonyl (C=O) groups excluding carboxylic acids is 2. The van der Waals surface area contributed by atoms with Gasteiger partial charge < -0.3 is 20.7 Å². The van der Waals surface area contributed by atoms with Crippen LogP contribution in [0.25, 0.3) is 0 Å². The van der Waals surface area contributed by atoms with Crippen molar-refractivity contribution in [2.24, 2.45) is 5.73 Å². The second kappa shape index (κ2) is 6.76. The number of likely N-dealkylation sites (tertiary alicyclic amines) is 1. The number of nitrogens with one attached hydrogen (secondary N) is 1. The van der Waals surface area contributed by atoms with E-state index >= 15 is 0 Å². The first-order valence-corrected chi connectivity index (χ1v) is 6.95. The summed E-state index contributed by atoms with van der Waals surface area (Å²) in [6.07, 6.45) is -3.49. The Morgan fingerprint density at radius 2 is 1.96 bits per heavy atom. The average molecular weight is 331 g/mol. The third kappa shape index (κ3) is 4.76. The van der Waals surface area contributed by atoms with Crippen LogP contribution < -0.4 is 15.8 Å². The zero-order chi connectivity index (χ0) is 17.0. The molecule has 6 nitrogen and oxygen atoms in total. The molecule has 126 valence electrons. The van der Waals surface area contributed by atoms with Crippen molar-refractivity contribution in [1.29, 1.82) is 0 Å². The Kier molecular flexibility index (Phi) is 4.97. The lowest BCUT2D eigenvalue weighted by atomic mass is 10.2. The van der Waals surface area contributed by atoms with Crippen molar-refractivity contribution in [3.63, 3.8) is 0 Å². The maximum Gasteiger partial charge on any atom is 0.573 e. The van der Waals surface area contributed by atoms with Crippen LogP contribution in [0.4, 0.5) is 18.9 Å². The highest BCUT2D eigenvalue weighted by molar-refractivity contribution is 5.89. The maximum absolute atomic E-state index is 12.1. The van der Waals surface area contributed by atoms with Gasteiger partial charge in [0.1, 0.15) is 11.8 Å². The SMILES string of the molecule is NC(=O)[C@@H]1CCCN1C(=O)CNc1ccc(OC(F)(F)F)cc1. The molecule has 0 aliphatic carbocycles. The summed E-state index contributed by atoms with van der Waals surface area (Å²) in [7, 11) is 0. The van der Waals surface area contributed by atoms with Gasteiger partial charge >= 0.3 is 6.36 Å². The van der Waals surface area contributed by atoms with Gasteiger partial charge in [0.15, 0.2) is 0 Å². The predicted molar refractivity (Wildman–Crippen MR) is 75.5 cm³/mol. The Hall–Kier alpha value is -2.45. The van der Waals surface area contributed by atoms with Crippen LogP contribution in [0.15, 0.2) is 24.3 Å². The number of carbonyl (C=O) groups is 2. The molecule has 2 rings (SSSR count). The fourth-order valence-corrected chi connectivity index (χ4v) is 2.41. The standard InChI is InChI=1S/C14H16F3N3O3/c15-14(16,17)23-10-5-3-9(4-6-10)19-8-12(21)20-7-1-2-11(20)13(18)22/h3-6,11,19H,1-2,7-8H2,(H2,18,22)/t11-/m0/s1. The van der Waals surface area contributed by atoms with Crippen LogP contribution in [0.5, 0.6) is 5.75 Å². The lowest BCUT2D eigenvalue weighted by Gasteiger charge is -2.22. The molecule has 2 amide bonds. The van der Waals surface area contributed by atoms with Crippen molar-refractivity contribution in [3.05, 3.63) is 24.3 Å². The first-order valence-electron chi connectivity index (χ1n) is 6.95. The van der Waals surface area contributed by atoms with Crippen molar-refractivity contribution in [2.75, 3.05) is 18.4 Å². The lowest BCUT2D eigenvalue weighted by molar-refractivity contribution is -0.274. The molecule has 3 N–H and O–H groups in total. The monoisotopic (exact) mass is 331 g/mol. The lowest BCUT2D eigenvalue weighted by Crippen LogP contribution is -2.45. The summed E-state index contributed by atoms with van der Waals surface area (Å²) in [6, 6.07) is 4.42. The number of halogens is 3. The molecule has 9 heteroatoms. The molecule has 1 heterocycles. The van der Waals surface area contributed by atoms with Gasteiger partial charge in [-0.3, -0.25) is 9.59 Å². The minimum absolute atomic E-state index is 0.0801. The van der Waals surface area contributed by atoms with Gasteiger partial charge in [-0.25, -0.2) is 0 Å². The van der Waals surface area contributed by atoms with Crippen LogP contribution in [0.3, 0.4) is 0 Å². The second-order valence-electron chi connectivity index (χ2n) is 5.07. The Balaban J connectivity index is 1.88. The fourth-order valence-electron chi connectivity index (χ4n) is 2.41. The van der Waals surface area contributed by atoms with Crippen molar-refractivity contribution >= 4 is 17.5 Å².